The molecule has 1 aromatic rings. The lowest BCUT2D eigenvalue weighted by Crippen LogP contribution is -2.39. The fourth-order valence-electron chi connectivity index (χ4n) is 2.95. The number of benzene rings is 1. The first-order valence-electron chi connectivity index (χ1n) is 8.12. The van der Waals surface area contributed by atoms with Crippen LogP contribution in [0.1, 0.15) is 29.6 Å². The second kappa shape index (κ2) is 8.82. The SMILES string of the molecule is CNCCC1CCN(C(=O)c2ccc(OC(F)F)c(OC)c2)CC1. The number of carbonyl (C=O) groups is 1. The zero-order chi connectivity index (χ0) is 17.5. The first-order valence-corrected chi connectivity index (χ1v) is 8.12. The highest BCUT2D eigenvalue weighted by atomic mass is 19.3. The van der Waals surface area contributed by atoms with Crippen molar-refractivity contribution in [1.82, 2.24) is 10.2 Å². The van der Waals surface area contributed by atoms with Gasteiger partial charge in [0.1, 0.15) is 0 Å². The second-order valence-electron chi connectivity index (χ2n) is 5.87. The number of alkyl halides is 2. The van der Waals surface area contributed by atoms with E-state index >= 15 is 0 Å². The summed E-state index contributed by atoms with van der Waals surface area (Å²) >= 11 is 0. The van der Waals surface area contributed by atoms with E-state index < -0.39 is 6.61 Å². The Bertz CT molecular complexity index is 547. The maximum absolute atomic E-state index is 12.6. The first-order chi connectivity index (χ1) is 11.5. The Kier molecular flexibility index (Phi) is 6.78. The Labute approximate surface area is 140 Å². The first kappa shape index (κ1) is 18.4. The third kappa shape index (κ3) is 4.80. The molecule has 0 spiro atoms. The van der Waals surface area contributed by atoms with Gasteiger partial charge < -0.3 is 19.7 Å². The molecule has 1 fully saturated rings. The molecule has 0 bridgehead atoms. The van der Waals surface area contributed by atoms with Crippen LogP contribution in [0.2, 0.25) is 0 Å². The quantitative estimate of drug-likeness (QED) is 0.828. The number of methoxy groups -OCH3 is 1. The van der Waals surface area contributed by atoms with E-state index in [4.69, 9.17) is 4.74 Å². The summed E-state index contributed by atoms with van der Waals surface area (Å²) in [5, 5.41) is 3.15. The van der Waals surface area contributed by atoms with Gasteiger partial charge in [0.05, 0.1) is 7.11 Å². The van der Waals surface area contributed by atoms with E-state index in [2.05, 4.69) is 10.1 Å². The van der Waals surface area contributed by atoms with Gasteiger partial charge >= 0.3 is 6.61 Å². The number of likely N-dealkylation sites (tertiary alicyclic amines) is 1. The van der Waals surface area contributed by atoms with Crippen molar-refractivity contribution in [3.8, 4) is 11.5 Å². The lowest BCUT2D eigenvalue weighted by Gasteiger charge is -2.32. The summed E-state index contributed by atoms with van der Waals surface area (Å²) in [6.45, 7) is -0.520. The van der Waals surface area contributed by atoms with Gasteiger partial charge in [0.25, 0.3) is 5.91 Å². The van der Waals surface area contributed by atoms with Crippen LogP contribution in [0.5, 0.6) is 11.5 Å². The van der Waals surface area contributed by atoms with Gasteiger partial charge in [-0.15, -0.1) is 0 Å². The zero-order valence-corrected chi connectivity index (χ0v) is 14.1. The number of ether oxygens (including phenoxy) is 2. The summed E-state index contributed by atoms with van der Waals surface area (Å²) < 4.78 is 34.1. The molecule has 0 saturated carbocycles. The van der Waals surface area contributed by atoms with Crippen LogP contribution < -0.4 is 14.8 Å². The normalized spacial score (nSPS) is 15.6. The molecular weight excluding hydrogens is 318 g/mol. The Morgan fingerprint density at radius 2 is 2.04 bits per heavy atom. The third-order valence-electron chi connectivity index (χ3n) is 4.33. The van der Waals surface area contributed by atoms with Crippen molar-refractivity contribution in [2.75, 3.05) is 33.8 Å². The van der Waals surface area contributed by atoms with Gasteiger partial charge in [-0.25, -0.2) is 0 Å². The monoisotopic (exact) mass is 342 g/mol. The molecular formula is C17H24F2N2O3. The molecule has 1 saturated heterocycles. The molecule has 2 rings (SSSR count). The Morgan fingerprint density at radius 1 is 1.33 bits per heavy atom. The van der Waals surface area contributed by atoms with Crippen LogP contribution in [0.15, 0.2) is 18.2 Å². The average molecular weight is 342 g/mol. The smallest absolute Gasteiger partial charge is 0.387 e. The number of hydrogen-bond donors (Lipinski definition) is 1. The van der Waals surface area contributed by atoms with Gasteiger partial charge in [0.15, 0.2) is 11.5 Å². The number of amides is 1. The van der Waals surface area contributed by atoms with E-state index in [-0.39, 0.29) is 17.4 Å². The molecule has 0 aliphatic carbocycles. The van der Waals surface area contributed by atoms with Crippen LogP contribution in [-0.4, -0.2) is 51.2 Å². The molecule has 1 aromatic carbocycles. The van der Waals surface area contributed by atoms with Gasteiger partial charge in [0.2, 0.25) is 0 Å². The Balaban J connectivity index is 2.00. The number of nitrogens with one attached hydrogen (secondary N) is 1. The Hall–Kier alpha value is -1.89. The van der Waals surface area contributed by atoms with Gasteiger partial charge in [-0.05, 0) is 57.0 Å². The second-order valence-corrected chi connectivity index (χ2v) is 5.87. The molecule has 7 heteroatoms. The number of halogens is 2. The largest absolute Gasteiger partial charge is 0.493 e. The van der Waals surface area contributed by atoms with E-state index in [1.807, 2.05) is 7.05 Å². The van der Waals surface area contributed by atoms with E-state index in [0.29, 0.717) is 24.6 Å². The fraction of sp³-hybridized carbons (Fsp3) is 0.588. The summed E-state index contributed by atoms with van der Waals surface area (Å²) in [6.07, 6.45) is 3.08. The zero-order valence-electron chi connectivity index (χ0n) is 14.1. The lowest BCUT2D eigenvalue weighted by atomic mass is 9.93. The number of rotatable bonds is 7. The minimum Gasteiger partial charge on any atom is -0.493 e. The van der Waals surface area contributed by atoms with Crippen molar-refractivity contribution >= 4 is 5.91 Å². The molecule has 1 heterocycles. The predicted octanol–water partition coefficient (Wildman–Crippen LogP) is 2.76. The van der Waals surface area contributed by atoms with Crippen molar-refractivity contribution in [2.24, 2.45) is 5.92 Å². The molecule has 0 aromatic heterocycles. The summed E-state index contributed by atoms with van der Waals surface area (Å²) in [6, 6.07) is 4.29. The topological polar surface area (TPSA) is 50.8 Å². The van der Waals surface area contributed by atoms with Gasteiger partial charge in [-0.1, -0.05) is 0 Å². The van der Waals surface area contributed by atoms with E-state index in [1.54, 1.807) is 4.90 Å². The molecule has 0 radical (unpaired) electrons. The summed E-state index contributed by atoms with van der Waals surface area (Å²) in [7, 11) is 3.29. The van der Waals surface area contributed by atoms with Crippen LogP contribution in [0.25, 0.3) is 0 Å². The minimum absolute atomic E-state index is 0.0742. The average Bonchev–Trinajstić information content (AvgIpc) is 2.59. The lowest BCUT2D eigenvalue weighted by molar-refractivity contribution is -0.0512. The molecule has 24 heavy (non-hydrogen) atoms. The molecule has 0 atom stereocenters. The number of hydrogen-bond acceptors (Lipinski definition) is 4. The molecule has 1 aliphatic rings. The molecule has 1 N–H and O–H groups in total. The minimum atomic E-state index is -2.93. The van der Waals surface area contributed by atoms with Gasteiger partial charge in [-0.2, -0.15) is 8.78 Å². The highest BCUT2D eigenvalue weighted by molar-refractivity contribution is 5.95. The number of carbonyl (C=O) groups excluding carboxylic acids is 1. The number of piperidine rings is 1. The standard InChI is InChI=1S/C17H24F2N2O3/c1-20-8-5-12-6-9-21(10-7-12)16(22)13-3-4-14(24-17(18)19)15(11-13)23-2/h3-4,11-12,17,20H,5-10H2,1-2H3. The molecule has 0 unspecified atom stereocenters. The highest BCUT2D eigenvalue weighted by Crippen LogP contribution is 2.30. The van der Waals surface area contributed by atoms with Crippen molar-refractivity contribution in [1.29, 1.82) is 0 Å². The predicted molar refractivity (Wildman–Crippen MR) is 86.8 cm³/mol. The molecule has 1 amide bonds. The van der Waals surface area contributed by atoms with E-state index in [1.165, 1.54) is 25.3 Å². The molecule has 5 nitrogen and oxygen atoms in total. The summed E-state index contributed by atoms with van der Waals surface area (Å²) in [4.78, 5) is 14.4. The third-order valence-corrected chi connectivity index (χ3v) is 4.33. The summed E-state index contributed by atoms with van der Waals surface area (Å²) in [5.74, 6) is 0.585. The Morgan fingerprint density at radius 3 is 2.62 bits per heavy atom. The molecule has 134 valence electrons. The number of nitrogens with zero attached hydrogens (tertiary/aromatic N) is 1. The van der Waals surface area contributed by atoms with E-state index in [9.17, 15) is 13.6 Å². The van der Waals surface area contributed by atoms with Crippen molar-refractivity contribution < 1.29 is 23.0 Å². The molecule has 1 aliphatic heterocycles. The van der Waals surface area contributed by atoms with Crippen molar-refractivity contribution in [3.05, 3.63) is 23.8 Å². The van der Waals surface area contributed by atoms with E-state index in [0.717, 1.165) is 25.8 Å². The van der Waals surface area contributed by atoms with Crippen LogP contribution in [0.4, 0.5) is 8.78 Å². The van der Waals surface area contributed by atoms with Crippen molar-refractivity contribution in [2.45, 2.75) is 25.9 Å². The maximum Gasteiger partial charge on any atom is 0.387 e. The van der Waals surface area contributed by atoms with Crippen LogP contribution in [0, 0.1) is 5.92 Å². The van der Waals surface area contributed by atoms with Crippen LogP contribution in [-0.2, 0) is 0 Å². The maximum atomic E-state index is 12.6. The fourth-order valence-corrected chi connectivity index (χ4v) is 2.95. The highest BCUT2D eigenvalue weighted by Gasteiger charge is 2.24. The summed E-state index contributed by atoms with van der Waals surface area (Å²) in [5.41, 5.74) is 0.419. The van der Waals surface area contributed by atoms with Gasteiger partial charge in [-0.3, -0.25) is 4.79 Å². The van der Waals surface area contributed by atoms with Crippen LogP contribution >= 0.6 is 0 Å². The van der Waals surface area contributed by atoms with Gasteiger partial charge in [0, 0.05) is 18.7 Å². The van der Waals surface area contributed by atoms with Crippen molar-refractivity contribution in [3.63, 3.8) is 0 Å². The van der Waals surface area contributed by atoms with Crippen LogP contribution in [0.3, 0.4) is 0 Å².